The van der Waals surface area contributed by atoms with Crippen LogP contribution in [0.5, 0.6) is 11.5 Å². The number of amides is 1. The summed E-state index contributed by atoms with van der Waals surface area (Å²) in [6.07, 6.45) is 4.89. The van der Waals surface area contributed by atoms with Crippen LogP contribution in [0.3, 0.4) is 0 Å². The van der Waals surface area contributed by atoms with Gasteiger partial charge in [0.05, 0.1) is 25.6 Å². The Hall–Kier alpha value is -2.80. The molecule has 3 aromatic rings. The van der Waals surface area contributed by atoms with Crippen LogP contribution >= 0.6 is 11.3 Å². The summed E-state index contributed by atoms with van der Waals surface area (Å²) in [5, 5.41) is 1.93. The molecule has 2 heterocycles. The average Bonchev–Trinajstić information content (AvgIpc) is 3.13. The molecule has 1 aromatic carbocycles. The third-order valence-corrected chi connectivity index (χ3v) is 4.12. The summed E-state index contributed by atoms with van der Waals surface area (Å²) < 4.78 is 12.5. The first-order chi connectivity index (χ1) is 11.1. The van der Waals surface area contributed by atoms with Crippen molar-refractivity contribution in [1.82, 2.24) is 9.38 Å². The van der Waals surface area contributed by atoms with Gasteiger partial charge in [0.2, 0.25) is 5.91 Å². The van der Waals surface area contributed by atoms with Crippen LogP contribution in [0.1, 0.15) is 5.69 Å². The number of thiazole rings is 1. The number of ether oxygens (including phenoxy) is 2. The fourth-order valence-corrected chi connectivity index (χ4v) is 3.04. The molecule has 0 fully saturated rings. The number of hydrogen-bond donors (Lipinski definition) is 1. The van der Waals surface area contributed by atoms with E-state index in [2.05, 4.69) is 4.98 Å². The summed E-state index contributed by atoms with van der Waals surface area (Å²) in [4.78, 5) is 16.5. The molecule has 0 saturated heterocycles. The first-order valence-corrected chi connectivity index (χ1v) is 7.67. The molecule has 23 heavy (non-hydrogen) atoms. The monoisotopic (exact) mass is 329 g/mol. The lowest BCUT2D eigenvalue weighted by atomic mass is 10.1. The summed E-state index contributed by atoms with van der Waals surface area (Å²) in [6.45, 7) is 0. The number of rotatable bonds is 5. The number of methoxy groups -OCH3 is 2. The van der Waals surface area contributed by atoms with Gasteiger partial charge >= 0.3 is 0 Å². The van der Waals surface area contributed by atoms with Crippen molar-refractivity contribution in [2.45, 2.75) is 0 Å². The number of fused-ring (bicyclic) bond motifs is 1. The average molecular weight is 329 g/mol. The van der Waals surface area contributed by atoms with Crippen molar-refractivity contribution in [2.24, 2.45) is 5.73 Å². The Morgan fingerprint density at radius 1 is 1.30 bits per heavy atom. The van der Waals surface area contributed by atoms with Crippen molar-refractivity contribution in [3.8, 4) is 22.8 Å². The number of benzene rings is 1. The topological polar surface area (TPSA) is 78.9 Å². The van der Waals surface area contributed by atoms with Crippen LogP contribution in [-0.2, 0) is 4.79 Å². The van der Waals surface area contributed by atoms with Gasteiger partial charge in [-0.15, -0.1) is 11.3 Å². The van der Waals surface area contributed by atoms with E-state index < -0.39 is 5.91 Å². The third kappa shape index (κ3) is 2.78. The van der Waals surface area contributed by atoms with Crippen LogP contribution in [0, 0.1) is 0 Å². The first kappa shape index (κ1) is 15.1. The highest BCUT2D eigenvalue weighted by atomic mass is 32.1. The van der Waals surface area contributed by atoms with E-state index >= 15 is 0 Å². The van der Waals surface area contributed by atoms with E-state index in [1.54, 1.807) is 20.3 Å². The van der Waals surface area contributed by atoms with E-state index in [0.29, 0.717) is 11.5 Å². The van der Waals surface area contributed by atoms with Crippen LogP contribution in [0.4, 0.5) is 0 Å². The van der Waals surface area contributed by atoms with Gasteiger partial charge < -0.3 is 15.2 Å². The van der Waals surface area contributed by atoms with Crippen LogP contribution in [-0.4, -0.2) is 29.5 Å². The van der Waals surface area contributed by atoms with Crippen molar-refractivity contribution in [3.63, 3.8) is 0 Å². The summed E-state index contributed by atoms with van der Waals surface area (Å²) >= 11 is 1.51. The molecule has 0 aliphatic heterocycles. The standard InChI is InChI=1S/C16H15N3O3S/c1-21-12-5-3-10(9-13(12)22-2)15-11(4-6-14(17)20)19-7-8-23-16(19)18-15/h3-9H,1-2H3,(H2,17,20)/b6-4-. The lowest BCUT2D eigenvalue weighted by Gasteiger charge is -2.09. The predicted octanol–water partition coefficient (Wildman–Crippen LogP) is 2.58. The molecule has 0 radical (unpaired) electrons. The number of carbonyl (C=O) groups is 1. The lowest BCUT2D eigenvalue weighted by molar-refractivity contribution is -0.113. The Morgan fingerprint density at radius 2 is 2.09 bits per heavy atom. The highest BCUT2D eigenvalue weighted by molar-refractivity contribution is 7.15. The van der Waals surface area contributed by atoms with Gasteiger partial charge in [-0.05, 0) is 24.3 Å². The molecule has 0 aliphatic rings. The maximum absolute atomic E-state index is 11.1. The van der Waals surface area contributed by atoms with E-state index in [-0.39, 0.29) is 0 Å². The van der Waals surface area contributed by atoms with Gasteiger partial charge in [0.15, 0.2) is 16.5 Å². The van der Waals surface area contributed by atoms with Gasteiger partial charge in [0.1, 0.15) is 0 Å². The molecule has 0 bridgehead atoms. The van der Waals surface area contributed by atoms with Crippen LogP contribution in [0.25, 0.3) is 22.3 Å². The summed E-state index contributed by atoms with van der Waals surface area (Å²) in [7, 11) is 3.17. The van der Waals surface area contributed by atoms with Crippen molar-refractivity contribution in [2.75, 3.05) is 14.2 Å². The highest BCUT2D eigenvalue weighted by Crippen LogP contribution is 2.34. The molecule has 118 valence electrons. The second-order valence-electron chi connectivity index (χ2n) is 4.71. The maximum atomic E-state index is 11.1. The van der Waals surface area contributed by atoms with Crippen LogP contribution in [0.15, 0.2) is 35.9 Å². The zero-order valence-corrected chi connectivity index (χ0v) is 13.5. The van der Waals surface area contributed by atoms with Gasteiger partial charge in [-0.2, -0.15) is 0 Å². The Morgan fingerprint density at radius 3 is 2.78 bits per heavy atom. The number of hydrogen-bond acceptors (Lipinski definition) is 5. The molecule has 0 unspecified atom stereocenters. The number of aromatic nitrogens is 2. The number of carbonyl (C=O) groups excluding carboxylic acids is 1. The fraction of sp³-hybridized carbons (Fsp3) is 0.125. The van der Waals surface area contributed by atoms with E-state index in [1.165, 1.54) is 17.4 Å². The Kier molecular flexibility index (Phi) is 4.03. The second-order valence-corrected chi connectivity index (χ2v) is 5.58. The second kappa shape index (κ2) is 6.13. The van der Waals surface area contributed by atoms with Gasteiger partial charge in [0.25, 0.3) is 0 Å². The van der Waals surface area contributed by atoms with Gasteiger partial charge in [0, 0.05) is 23.2 Å². The van der Waals surface area contributed by atoms with Crippen molar-refractivity contribution in [3.05, 3.63) is 41.5 Å². The molecule has 0 saturated carbocycles. The van der Waals surface area contributed by atoms with E-state index in [0.717, 1.165) is 21.9 Å². The molecular weight excluding hydrogens is 314 g/mol. The Labute approximate surface area is 136 Å². The van der Waals surface area contributed by atoms with Gasteiger partial charge in [-0.3, -0.25) is 9.20 Å². The van der Waals surface area contributed by atoms with Crippen LogP contribution in [0.2, 0.25) is 0 Å². The molecule has 2 N–H and O–H groups in total. The minimum Gasteiger partial charge on any atom is -0.493 e. The Balaban J connectivity index is 2.17. The van der Waals surface area contributed by atoms with E-state index in [9.17, 15) is 4.79 Å². The summed E-state index contributed by atoms with van der Waals surface area (Å²) in [6, 6.07) is 5.57. The smallest absolute Gasteiger partial charge is 0.241 e. The van der Waals surface area contributed by atoms with Gasteiger partial charge in [-0.1, -0.05) is 0 Å². The van der Waals surface area contributed by atoms with Crippen LogP contribution < -0.4 is 15.2 Å². The normalized spacial score (nSPS) is 11.2. The third-order valence-electron chi connectivity index (χ3n) is 3.36. The molecule has 3 rings (SSSR count). The molecule has 2 aromatic heterocycles. The summed E-state index contributed by atoms with van der Waals surface area (Å²) in [5.41, 5.74) is 7.61. The zero-order chi connectivity index (χ0) is 16.4. The maximum Gasteiger partial charge on any atom is 0.241 e. The number of nitrogens with two attached hydrogens (primary N) is 1. The first-order valence-electron chi connectivity index (χ1n) is 6.79. The number of imidazole rings is 1. The van der Waals surface area contributed by atoms with E-state index in [4.69, 9.17) is 15.2 Å². The molecule has 0 atom stereocenters. The van der Waals surface area contributed by atoms with Crippen molar-refractivity contribution < 1.29 is 14.3 Å². The SMILES string of the molecule is COc1ccc(-c2nc3sccn3c2/C=C\C(N)=O)cc1OC. The molecule has 6 nitrogen and oxygen atoms in total. The molecule has 7 heteroatoms. The number of nitrogens with zero attached hydrogens (tertiary/aromatic N) is 2. The predicted molar refractivity (Wildman–Crippen MR) is 89.8 cm³/mol. The lowest BCUT2D eigenvalue weighted by Crippen LogP contribution is -2.05. The molecule has 0 aliphatic carbocycles. The molecule has 0 spiro atoms. The largest absolute Gasteiger partial charge is 0.493 e. The number of primary amides is 1. The highest BCUT2D eigenvalue weighted by Gasteiger charge is 2.15. The Bertz CT molecular complexity index is 895. The van der Waals surface area contributed by atoms with Gasteiger partial charge in [-0.25, -0.2) is 4.98 Å². The zero-order valence-electron chi connectivity index (χ0n) is 12.6. The summed E-state index contributed by atoms with van der Waals surface area (Å²) in [5.74, 6) is 0.756. The minimum absolute atomic E-state index is 0.506. The quantitative estimate of drug-likeness (QED) is 0.730. The molecular formula is C16H15N3O3S. The molecule has 1 amide bonds. The fourth-order valence-electron chi connectivity index (χ4n) is 2.32. The minimum atomic E-state index is -0.506. The van der Waals surface area contributed by atoms with E-state index in [1.807, 2.05) is 34.2 Å². The van der Waals surface area contributed by atoms with Crippen molar-refractivity contribution in [1.29, 1.82) is 0 Å². The van der Waals surface area contributed by atoms with Crippen molar-refractivity contribution >= 4 is 28.3 Å².